The van der Waals surface area contributed by atoms with E-state index in [1.54, 1.807) is 6.07 Å². The van der Waals surface area contributed by atoms with Crippen molar-refractivity contribution < 1.29 is 12.8 Å². The van der Waals surface area contributed by atoms with Gasteiger partial charge in [-0.3, -0.25) is 0 Å². The molecule has 0 aliphatic carbocycles. The fraction of sp³-hybridized carbons (Fsp3) is 0.583. The first kappa shape index (κ1) is 16.6. The van der Waals surface area contributed by atoms with Crippen LogP contribution < -0.4 is 0 Å². The fourth-order valence-electron chi connectivity index (χ4n) is 1.15. The Morgan fingerprint density at radius 1 is 1.37 bits per heavy atom. The summed E-state index contributed by atoms with van der Waals surface area (Å²) >= 11 is 0. The van der Waals surface area contributed by atoms with Crippen molar-refractivity contribution in [2.24, 2.45) is 0 Å². The highest BCUT2D eigenvalue weighted by Gasteiger charge is 2.37. The van der Waals surface area contributed by atoms with Crippen LogP contribution in [0, 0.1) is 0 Å². The zero-order valence-electron chi connectivity index (χ0n) is 11.9. The molecule has 0 amide bonds. The minimum absolute atomic E-state index is 0.113. The summed E-state index contributed by atoms with van der Waals surface area (Å²) in [5, 5.41) is -0.0213. The lowest BCUT2D eigenvalue weighted by Gasteiger charge is -2.36. The molecule has 1 heterocycles. The second kappa shape index (κ2) is 5.52. The van der Waals surface area contributed by atoms with E-state index in [2.05, 4.69) is 38.8 Å². The fourth-order valence-corrected chi connectivity index (χ4v) is 2.85. The van der Waals surface area contributed by atoms with Gasteiger partial charge in [0.2, 0.25) is 0 Å². The highest BCUT2D eigenvalue weighted by atomic mass is 35.7. The third-order valence-electron chi connectivity index (χ3n) is 3.45. The SMILES string of the molecule is CC(C)(C)[Si](C)(C)OCc1ccnc(S(=O)(=O)Cl)c1. The second-order valence-corrected chi connectivity index (χ2v) is 13.3. The first-order chi connectivity index (χ1) is 8.43. The summed E-state index contributed by atoms with van der Waals surface area (Å²) in [6.07, 6.45) is 1.43. The summed E-state index contributed by atoms with van der Waals surface area (Å²) in [5.74, 6) is 0. The maximum absolute atomic E-state index is 11.2. The van der Waals surface area contributed by atoms with Crippen LogP contribution in [0.4, 0.5) is 0 Å². The van der Waals surface area contributed by atoms with Crippen molar-refractivity contribution in [2.75, 3.05) is 0 Å². The number of halogens is 1. The van der Waals surface area contributed by atoms with Gasteiger partial charge in [0.05, 0.1) is 6.61 Å². The molecule has 7 heteroatoms. The Bertz CT molecular complexity index is 552. The van der Waals surface area contributed by atoms with Gasteiger partial charge in [-0.1, -0.05) is 20.8 Å². The molecule has 0 fully saturated rings. The molecular weight excluding hydrogens is 302 g/mol. The molecule has 0 spiro atoms. The Morgan fingerprint density at radius 2 is 1.95 bits per heavy atom. The van der Waals surface area contributed by atoms with Crippen molar-refractivity contribution in [2.45, 2.75) is 50.5 Å². The van der Waals surface area contributed by atoms with E-state index in [1.165, 1.54) is 12.3 Å². The molecule has 19 heavy (non-hydrogen) atoms. The van der Waals surface area contributed by atoms with Crippen LogP contribution in [0.2, 0.25) is 18.1 Å². The highest BCUT2D eigenvalue weighted by molar-refractivity contribution is 8.13. The minimum atomic E-state index is -3.79. The zero-order valence-corrected chi connectivity index (χ0v) is 14.5. The van der Waals surface area contributed by atoms with Gasteiger partial charge in [0.25, 0.3) is 9.05 Å². The molecule has 1 aromatic heterocycles. The summed E-state index contributed by atoms with van der Waals surface area (Å²) in [6.45, 7) is 11.1. The molecule has 0 aliphatic rings. The largest absolute Gasteiger partial charge is 0.413 e. The zero-order chi connectivity index (χ0) is 14.9. The molecule has 0 aromatic carbocycles. The van der Waals surface area contributed by atoms with E-state index in [1.807, 2.05) is 0 Å². The quantitative estimate of drug-likeness (QED) is 0.629. The van der Waals surface area contributed by atoms with E-state index < -0.39 is 17.4 Å². The van der Waals surface area contributed by atoms with E-state index >= 15 is 0 Å². The van der Waals surface area contributed by atoms with Gasteiger partial charge in [-0.2, -0.15) is 0 Å². The third kappa shape index (κ3) is 4.56. The van der Waals surface area contributed by atoms with Gasteiger partial charge in [-0.15, -0.1) is 0 Å². The topological polar surface area (TPSA) is 56.3 Å². The first-order valence-corrected chi connectivity index (χ1v) is 11.2. The number of pyridine rings is 1. The number of rotatable bonds is 4. The summed E-state index contributed by atoms with van der Waals surface area (Å²) in [7, 11) is -0.374. The van der Waals surface area contributed by atoms with Gasteiger partial charge in [-0.05, 0) is 35.8 Å². The van der Waals surface area contributed by atoms with E-state index in [4.69, 9.17) is 15.1 Å². The predicted octanol–water partition coefficient (Wildman–Crippen LogP) is 3.53. The monoisotopic (exact) mass is 321 g/mol. The average Bonchev–Trinajstić information content (AvgIpc) is 2.24. The summed E-state index contributed by atoms with van der Waals surface area (Å²) in [5.41, 5.74) is 0.763. The Morgan fingerprint density at radius 3 is 2.42 bits per heavy atom. The van der Waals surface area contributed by atoms with Crippen LogP contribution >= 0.6 is 10.7 Å². The smallest absolute Gasteiger partial charge is 0.278 e. The van der Waals surface area contributed by atoms with Gasteiger partial charge >= 0.3 is 0 Å². The van der Waals surface area contributed by atoms with Gasteiger partial charge in [0, 0.05) is 16.9 Å². The van der Waals surface area contributed by atoms with Crippen LogP contribution in [-0.4, -0.2) is 21.7 Å². The van der Waals surface area contributed by atoms with Crippen molar-refractivity contribution in [3.05, 3.63) is 23.9 Å². The molecule has 0 saturated heterocycles. The molecule has 108 valence electrons. The molecule has 4 nitrogen and oxygen atoms in total. The van der Waals surface area contributed by atoms with Gasteiger partial charge in [-0.25, -0.2) is 13.4 Å². The number of hydrogen-bond acceptors (Lipinski definition) is 4. The van der Waals surface area contributed by atoms with Crippen molar-refractivity contribution in [1.82, 2.24) is 4.98 Å². The normalized spacial score (nSPS) is 13.6. The van der Waals surface area contributed by atoms with Crippen molar-refractivity contribution in [3.63, 3.8) is 0 Å². The van der Waals surface area contributed by atoms with Crippen LogP contribution in [0.15, 0.2) is 23.4 Å². The Labute approximate surface area is 120 Å². The molecule has 0 unspecified atom stereocenters. The van der Waals surface area contributed by atoms with Crippen LogP contribution in [0.1, 0.15) is 26.3 Å². The lowest BCUT2D eigenvalue weighted by Crippen LogP contribution is -2.40. The van der Waals surface area contributed by atoms with Crippen LogP contribution in [0.3, 0.4) is 0 Å². The van der Waals surface area contributed by atoms with E-state index in [0.29, 0.717) is 6.61 Å². The second-order valence-electron chi connectivity index (χ2n) is 5.99. The predicted molar refractivity (Wildman–Crippen MR) is 79.3 cm³/mol. The lowest BCUT2D eigenvalue weighted by atomic mass is 10.2. The van der Waals surface area contributed by atoms with E-state index in [9.17, 15) is 8.42 Å². The molecule has 0 bridgehead atoms. The third-order valence-corrected chi connectivity index (χ3v) is 9.13. The van der Waals surface area contributed by atoms with Crippen LogP contribution in [0.25, 0.3) is 0 Å². The molecule has 0 saturated carbocycles. The van der Waals surface area contributed by atoms with Crippen molar-refractivity contribution in [3.8, 4) is 0 Å². The molecule has 0 atom stereocenters. The number of aromatic nitrogens is 1. The van der Waals surface area contributed by atoms with E-state index in [0.717, 1.165) is 5.56 Å². The lowest BCUT2D eigenvalue weighted by molar-refractivity contribution is 0.276. The first-order valence-electron chi connectivity index (χ1n) is 5.97. The maximum Gasteiger partial charge on any atom is 0.278 e. The molecule has 1 rings (SSSR count). The van der Waals surface area contributed by atoms with Gasteiger partial charge in [0.1, 0.15) is 0 Å². The highest BCUT2D eigenvalue weighted by Crippen LogP contribution is 2.37. The molecule has 0 N–H and O–H groups in total. The summed E-state index contributed by atoms with van der Waals surface area (Å²) < 4.78 is 28.5. The average molecular weight is 322 g/mol. The van der Waals surface area contributed by atoms with Crippen LogP contribution in [-0.2, 0) is 20.1 Å². The summed E-state index contributed by atoms with van der Waals surface area (Å²) in [6, 6.07) is 3.19. The summed E-state index contributed by atoms with van der Waals surface area (Å²) in [4.78, 5) is 3.74. The molecule has 0 radical (unpaired) electrons. The van der Waals surface area contributed by atoms with Crippen molar-refractivity contribution >= 4 is 28.1 Å². The minimum Gasteiger partial charge on any atom is -0.413 e. The van der Waals surface area contributed by atoms with Crippen molar-refractivity contribution in [1.29, 1.82) is 0 Å². The maximum atomic E-state index is 11.2. The van der Waals surface area contributed by atoms with E-state index in [-0.39, 0.29) is 10.1 Å². The Hall–Kier alpha value is -0.433. The number of hydrogen-bond donors (Lipinski definition) is 0. The Kier molecular flexibility index (Phi) is 4.82. The molecular formula is C12H20ClNO3SSi. The molecule has 0 aliphatic heterocycles. The van der Waals surface area contributed by atoms with Crippen LogP contribution in [0.5, 0.6) is 0 Å². The number of nitrogens with zero attached hydrogens (tertiary/aromatic N) is 1. The standard InChI is InChI=1S/C12H20ClNO3SSi/c1-12(2,3)19(4,5)17-9-10-6-7-14-11(8-10)18(13,15)16/h6-8H,9H2,1-5H3. The van der Waals surface area contributed by atoms with Gasteiger partial charge in [0.15, 0.2) is 13.3 Å². The molecule has 1 aromatic rings. The van der Waals surface area contributed by atoms with Gasteiger partial charge < -0.3 is 4.43 Å². The Balaban J connectivity index is 2.86.